The van der Waals surface area contributed by atoms with Crippen molar-refractivity contribution >= 4 is 0 Å². The molecule has 0 aromatic rings. The van der Waals surface area contributed by atoms with Gasteiger partial charge in [0.25, 0.3) is 0 Å². The van der Waals surface area contributed by atoms with E-state index in [2.05, 4.69) is 35.1 Å². The van der Waals surface area contributed by atoms with Crippen LogP contribution in [0.5, 0.6) is 0 Å². The monoisotopic (exact) mass is 209 g/mol. The van der Waals surface area contributed by atoms with Crippen LogP contribution >= 0.6 is 0 Å². The van der Waals surface area contributed by atoms with Gasteiger partial charge in [0, 0.05) is 38.1 Å². The highest BCUT2D eigenvalue weighted by Crippen LogP contribution is 2.13. The Morgan fingerprint density at radius 1 is 1.47 bits per heavy atom. The van der Waals surface area contributed by atoms with Gasteiger partial charge in [-0.2, -0.15) is 0 Å². The molecule has 0 radical (unpaired) electrons. The number of piperazine rings is 1. The summed E-state index contributed by atoms with van der Waals surface area (Å²) in [5.41, 5.74) is 0. The van der Waals surface area contributed by atoms with Crippen molar-refractivity contribution < 1.29 is 0 Å². The quantitative estimate of drug-likeness (QED) is 0.669. The van der Waals surface area contributed by atoms with Gasteiger partial charge in [0.1, 0.15) is 0 Å². The minimum absolute atomic E-state index is 0.508. The molecule has 1 fully saturated rings. The minimum atomic E-state index is 0.508. The lowest BCUT2D eigenvalue weighted by atomic mass is 9.99. The first-order chi connectivity index (χ1) is 7.19. The van der Waals surface area contributed by atoms with Gasteiger partial charge in [-0.05, 0) is 27.6 Å². The van der Waals surface area contributed by atoms with Crippen LogP contribution in [0.2, 0.25) is 0 Å². The van der Waals surface area contributed by atoms with Crippen molar-refractivity contribution in [2.45, 2.75) is 24.9 Å². The molecule has 0 aromatic heterocycles. The molecule has 1 saturated heterocycles. The second-order valence-electron chi connectivity index (χ2n) is 4.45. The summed E-state index contributed by atoms with van der Waals surface area (Å²) >= 11 is 0. The van der Waals surface area contributed by atoms with Crippen LogP contribution in [0.4, 0.5) is 0 Å². The highest BCUT2D eigenvalue weighted by atomic mass is 15.3. The average molecular weight is 209 g/mol. The van der Waals surface area contributed by atoms with Crippen LogP contribution in [0.3, 0.4) is 0 Å². The van der Waals surface area contributed by atoms with Crippen molar-refractivity contribution in [3.8, 4) is 12.3 Å². The first-order valence-corrected chi connectivity index (χ1v) is 5.68. The molecule has 1 rings (SSSR count). The SMILES string of the molecule is C#CCCC(NC)C1CN(C)CCN1C. The molecule has 1 N–H and O–H groups in total. The van der Waals surface area contributed by atoms with Gasteiger partial charge < -0.3 is 10.2 Å². The zero-order chi connectivity index (χ0) is 11.3. The topological polar surface area (TPSA) is 18.5 Å². The van der Waals surface area contributed by atoms with Crippen molar-refractivity contribution in [1.82, 2.24) is 15.1 Å². The van der Waals surface area contributed by atoms with E-state index < -0.39 is 0 Å². The number of nitrogens with zero attached hydrogens (tertiary/aromatic N) is 2. The number of hydrogen-bond acceptors (Lipinski definition) is 3. The lowest BCUT2D eigenvalue weighted by molar-refractivity contribution is 0.0878. The Bertz CT molecular complexity index is 221. The maximum absolute atomic E-state index is 5.32. The van der Waals surface area contributed by atoms with Gasteiger partial charge in [-0.25, -0.2) is 0 Å². The number of rotatable bonds is 4. The number of hydrogen-bond donors (Lipinski definition) is 1. The van der Waals surface area contributed by atoms with E-state index in [1.807, 2.05) is 7.05 Å². The molecule has 0 amide bonds. The van der Waals surface area contributed by atoms with Gasteiger partial charge in [-0.1, -0.05) is 0 Å². The van der Waals surface area contributed by atoms with Gasteiger partial charge in [0.2, 0.25) is 0 Å². The summed E-state index contributed by atoms with van der Waals surface area (Å²) in [7, 11) is 6.43. The summed E-state index contributed by atoms with van der Waals surface area (Å²) in [6.45, 7) is 3.44. The molecule has 3 nitrogen and oxygen atoms in total. The highest BCUT2D eigenvalue weighted by molar-refractivity contribution is 4.92. The molecule has 2 atom stereocenters. The van der Waals surface area contributed by atoms with E-state index in [1.54, 1.807) is 0 Å². The van der Waals surface area contributed by atoms with E-state index >= 15 is 0 Å². The Kier molecular flexibility index (Phi) is 5.10. The molecular formula is C12H23N3. The van der Waals surface area contributed by atoms with Crippen LogP contribution in [-0.2, 0) is 0 Å². The Labute approximate surface area is 93.8 Å². The summed E-state index contributed by atoms with van der Waals surface area (Å²) in [6, 6.07) is 1.09. The molecule has 1 heterocycles. The summed E-state index contributed by atoms with van der Waals surface area (Å²) in [5, 5.41) is 3.39. The molecule has 0 spiro atoms. The summed E-state index contributed by atoms with van der Waals surface area (Å²) in [5.74, 6) is 2.73. The third-order valence-corrected chi connectivity index (χ3v) is 3.33. The van der Waals surface area contributed by atoms with E-state index in [0.717, 1.165) is 25.9 Å². The third-order valence-electron chi connectivity index (χ3n) is 3.33. The second-order valence-corrected chi connectivity index (χ2v) is 4.45. The Morgan fingerprint density at radius 3 is 2.80 bits per heavy atom. The predicted molar refractivity (Wildman–Crippen MR) is 64.8 cm³/mol. The van der Waals surface area contributed by atoms with Crippen molar-refractivity contribution in [2.24, 2.45) is 0 Å². The fourth-order valence-corrected chi connectivity index (χ4v) is 2.25. The fourth-order valence-electron chi connectivity index (χ4n) is 2.25. The first-order valence-electron chi connectivity index (χ1n) is 5.68. The average Bonchev–Trinajstić information content (AvgIpc) is 2.24. The van der Waals surface area contributed by atoms with E-state index in [0.29, 0.717) is 12.1 Å². The normalized spacial score (nSPS) is 26.1. The maximum Gasteiger partial charge on any atom is 0.0374 e. The van der Waals surface area contributed by atoms with E-state index in [9.17, 15) is 0 Å². The Balaban J connectivity index is 2.52. The molecule has 3 heteroatoms. The smallest absolute Gasteiger partial charge is 0.0374 e. The Hall–Kier alpha value is -0.560. The molecule has 0 bridgehead atoms. The van der Waals surface area contributed by atoms with E-state index in [4.69, 9.17) is 6.42 Å². The number of nitrogens with one attached hydrogen (secondary N) is 1. The summed E-state index contributed by atoms with van der Waals surface area (Å²) < 4.78 is 0. The molecule has 1 aliphatic heterocycles. The van der Waals surface area contributed by atoms with Crippen LogP contribution in [0.15, 0.2) is 0 Å². The fraction of sp³-hybridized carbons (Fsp3) is 0.833. The Morgan fingerprint density at radius 2 is 2.20 bits per heavy atom. The van der Waals surface area contributed by atoms with Crippen LogP contribution < -0.4 is 5.32 Å². The number of likely N-dealkylation sites (N-methyl/N-ethyl adjacent to an activating group) is 3. The van der Waals surface area contributed by atoms with E-state index in [1.165, 1.54) is 6.54 Å². The predicted octanol–water partition coefficient (Wildman–Crippen LogP) is 0.234. The molecule has 0 saturated carbocycles. The molecular weight excluding hydrogens is 186 g/mol. The number of terminal acetylenes is 1. The second kappa shape index (κ2) is 6.12. The largest absolute Gasteiger partial charge is 0.315 e. The highest BCUT2D eigenvalue weighted by Gasteiger charge is 2.28. The zero-order valence-electron chi connectivity index (χ0n) is 10.2. The van der Waals surface area contributed by atoms with Gasteiger partial charge >= 0.3 is 0 Å². The van der Waals surface area contributed by atoms with Crippen molar-refractivity contribution in [3.05, 3.63) is 0 Å². The van der Waals surface area contributed by atoms with Crippen LogP contribution in [-0.4, -0.2) is 62.7 Å². The van der Waals surface area contributed by atoms with Gasteiger partial charge in [-0.3, -0.25) is 4.90 Å². The van der Waals surface area contributed by atoms with Crippen molar-refractivity contribution in [2.75, 3.05) is 40.8 Å². The van der Waals surface area contributed by atoms with Gasteiger partial charge in [0.15, 0.2) is 0 Å². The summed E-state index contributed by atoms with van der Waals surface area (Å²) in [4.78, 5) is 4.84. The standard InChI is InChI=1S/C12H23N3/c1-5-6-7-11(13-2)12-10-14(3)8-9-15(12)4/h1,11-13H,6-10H2,2-4H3. The first kappa shape index (κ1) is 12.5. The van der Waals surface area contributed by atoms with Crippen LogP contribution in [0.25, 0.3) is 0 Å². The molecule has 0 aromatic carbocycles. The summed E-state index contributed by atoms with van der Waals surface area (Å²) in [6.07, 6.45) is 7.25. The third kappa shape index (κ3) is 3.49. The lowest BCUT2D eigenvalue weighted by Crippen LogP contribution is -2.58. The molecule has 1 aliphatic rings. The zero-order valence-corrected chi connectivity index (χ0v) is 10.2. The molecule has 0 aliphatic carbocycles. The van der Waals surface area contributed by atoms with Crippen molar-refractivity contribution in [1.29, 1.82) is 0 Å². The van der Waals surface area contributed by atoms with Crippen molar-refractivity contribution in [3.63, 3.8) is 0 Å². The molecule has 15 heavy (non-hydrogen) atoms. The van der Waals surface area contributed by atoms with E-state index in [-0.39, 0.29) is 0 Å². The molecule has 86 valence electrons. The molecule has 2 unspecified atom stereocenters. The maximum atomic E-state index is 5.32. The minimum Gasteiger partial charge on any atom is -0.315 e. The van der Waals surface area contributed by atoms with Crippen LogP contribution in [0.1, 0.15) is 12.8 Å². The van der Waals surface area contributed by atoms with Gasteiger partial charge in [-0.15, -0.1) is 12.3 Å². The van der Waals surface area contributed by atoms with Gasteiger partial charge in [0.05, 0.1) is 0 Å². The lowest BCUT2D eigenvalue weighted by Gasteiger charge is -2.41. The van der Waals surface area contributed by atoms with Crippen LogP contribution in [0, 0.1) is 12.3 Å².